The van der Waals surface area contributed by atoms with Crippen molar-refractivity contribution in [1.82, 2.24) is 9.97 Å². The number of alkyl halides is 2. The molecule has 0 radical (unpaired) electrons. The fraction of sp³-hybridized carbons (Fsp3) is 0.667. The van der Waals surface area contributed by atoms with Gasteiger partial charge in [0.25, 0.3) is 6.43 Å². The van der Waals surface area contributed by atoms with Crippen LogP contribution in [0.1, 0.15) is 79.7 Å². The van der Waals surface area contributed by atoms with E-state index in [1.807, 2.05) is 0 Å². The SMILES string of the molecule is CCOC(=O)c1cnc(C2CCCCCC2)nc1C(F)F. The van der Waals surface area contributed by atoms with Crippen LogP contribution < -0.4 is 0 Å². The summed E-state index contributed by atoms with van der Waals surface area (Å²) in [5.74, 6) is -0.248. The molecule has 4 nitrogen and oxygen atoms in total. The highest BCUT2D eigenvalue weighted by Gasteiger charge is 2.25. The van der Waals surface area contributed by atoms with Crippen molar-refractivity contribution in [2.24, 2.45) is 0 Å². The first kappa shape index (κ1) is 15.8. The van der Waals surface area contributed by atoms with E-state index in [1.54, 1.807) is 6.92 Å². The van der Waals surface area contributed by atoms with Crippen LogP contribution in [-0.2, 0) is 4.74 Å². The van der Waals surface area contributed by atoms with E-state index in [4.69, 9.17) is 4.74 Å². The Balaban J connectivity index is 2.28. The molecule has 0 aliphatic heterocycles. The molecule has 1 saturated carbocycles. The zero-order valence-corrected chi connectivity index (χ0v) is 12.1. The third-order valence-corrected chi connectivity index (χ3v) is 3.76. The summed E-state index contributed by atoms with van der Waals surface area (Å²) < 4.78 is 31.1. The highest BCUT2D eigenvalue weighted by atomic mass is 19.3. The molecule has 0 N–H and O–H groups in total. The van der Waals surface area contributed by atoms with E-state index in [1.165, 1.54) is 19.0 Å². The summed E-state index contributed by atoms with van der Waals surface area (Å²) in [6, 6.07) is 0. The molecule has 0 amide bonds. The molecule has 0 aromatic carbocycles. The first-order valence-electron chi connectivity index (χ1n) is 7.45. The van der Waals surface area contributed by atoms with E-state index in [-0.39, 0.29) is 18.1 Å². The number of nitrogens with zero attached hydrogens (tertiary/aromatic N) is 2. The molecule has 0 unspecified atom stereocenters. The lowest BCUT2D eigenvalue weighted by Crippen LogP contribution is -2.14. The fourth-order valence-electron chi connectivity index (χ4n) is 2.68. The summed E-state index contributed by atoms with van der Waals surface area (Å²) in [7, 11) is 0. The van der Waals surface area contributed by atoms with Gasteiger partial charge in [0.2, 0.25) is 0 Å². The zero-order chi connectivity index (χ0) is 15.2. The van der Waals surface area contributed by atoms with Gasteiger partial charge >= 0.3 is 5.97 Å². The summed E-state index contributed by atoms with van der Waals surface area (Å²) in [6.45, 7) is 1.76. The van der Waals surface area contributed by atoms with Gasteiger partial charge in [-0.2, -0.15) is 0 Å². The molecule has 0 spiro atoms. The maximum absolute atomic E-state index is 13.2. The standard InChI is InChI=1S/C15H20F2N2O2/c1-2-21-15(20)11-9-18-14(19-12(11)13(16)17)10-7-5-3-4-6-8-10/h9-10,13H,2-8H2,1H3. The van der Waals surface area contributed by atoms with Crippen molar-refractivity contribution < 1.29 is 18.3 Å². The van der Waals surface area contributed by atoms with Crippen LogP contribution in [0.15, 0.2) is 6.20 Å². The first-order valence-corrected chi connectivity index (χ1v) is 7.45. The zero-order valence-electron chi connectivity index (χ0n) is 12.1. The Kier molecular flexibility index (Phi) is 5.59. The van der Waals surface area contributed by atoms with Crippen LogP contribution in [0.25, 0.3) is 0 Å². The third kappa shape index (κ3) is 3.95. The normalized spacial score (nSPS) is 16.8. The van der Waals surface area contributed by atoms with E-state index in [0.717, 1.165) is 25.7 Å². The second kappa shape index (κ2) is 7.43. The van der Waals surface area contributed by atoms with Crippen molar-refractivity contribution >= 4 is 5.97 Å². The molecule has 21 heavy (non-hydrogen) atoms. The molecule has 1 heterocycles. The Labute approximate surface area is 122 Å². The number of carbonyl (C=O) groups excluding carboxylic acids is 1. The lowest BCUT2D eigenvalue weighted by molar-refractivity contribution is 0.0512. The van der Waals surface area contributed by atoms with Crippen LogP contribution in [0.5, 0.6) is 0 Å². The van der Waals surface area contributed by atoms with Crippen molar-refractivity contribution in [3.8, 4) is 0 Å². The molecule has 0 bridgehead atoms. The van der Waals surface area contributed by atoms with E-state index < -0.39 is 18.1 Å². The van der Waals surface area contributed by atoms with Crippen LogP contribution >= 0.6 is 0 Å². The third-order valence-electron chi connectivity index (χ3n) is 3.76. The van der Waals surface area contributed by atoms with Crippen LogP contribution in [-0.4, -0.2) is 22.5 Å². The number of rotatable bonds is 4. The summed E-state index contributed by atoms with van der Waals surface area (Å²) in [6.07, 6.45) is 4.68. The Bertz CT molecular complexity index is 487. The molecular formula is C15H20F2N2O2. The van der Waals surface area contributed by atoms with Crippen molar-refractivity contribution in [2.75, 3.05) is 6.61 Å². The van der Waals surface area contributed by atoms with Gasteiger partial charge in [-0.1, -0.05) is 25.7 Å². The smallest absolute Gasteiger partial charge is 0.341 e. The maximum atomic E-state index is 13.2. The van der Waals surface area contributed by atoms with Crippen molar-refractivity contribution in [3.05, 3.63) is 23.3 Å². The molecule has 0 atom stereocenters. The van der Waals surface area contributed by atoms with Gasteiger partial charge < -0.3 is 4.74 Å². The minimum Gasteiger partial charge on any atom is -0.462 e. The number of carbonyl (C=O) groups is 1. The Morgan fingerprint density at radius 3 is 2.57 bits per heavy atom. The highest BCUT2D eigenvalue weighted by Crippen LogP contribution is 2.31. The molecule has 6 heteroatoms. The Morgan fingerprint density at radius 2 is 2.00 bits per heavy atom. The minimum atomic E-state index is -2.81. The van der Waals surface area contributed by atoms with Gasteiger partial charge in [0.15, 0.2) is 0 Å². The number of hydrogen-bond donors (Lipinski definition) is 0. The van der Waals surface area contributed by atoms with E-state index in [0.29, 0.717) is 5.82 Å². The molecule has 1 aliphatic carbocycles. The lowest BCUT2D eigenvalue weighted by Gasteiger charge is -2.15. The molecule has 116 valence electrons. The van der Waals surface area contributed by atoms with Gasteiger partial charge in [0.1, 0.15) is 17.1 Å². The average Bonchev–Trinajstić information content (AvgIpc) is 2.76. The quantitative estimate of drug-likeness (QED) is 0.622. The first-order chi connectivity index (χ1) is 10.1. The number of ether oxygens (including phenoxy) is 1. The van der Waals surface area contributed by atoms with E-state index in [9.17, 15) is 13.6 Å². The van der Waals surface area contributed by atoms with E-state index in [2.05, 4.69) is 9.97 Å². The van der Waals surface area contributed by atoms with Crippen LogP contribution in [0.4, 0.5) is 8.78 Å². The van der Waals surface area contributed by atoms with Crippen LogP contribution in [0.3, 0.4) is 0 Å². The summed E-state index contributed by atoms with van der Waals surface area (Å²) in [5.41, 5.74) is -0.744. The van der Waals surface area contributed by atoms with Crippen molar-refractivity contribution in [3.63, 3.8) is 0 Å². The lowest BCUT2D eigenvalue weighted by atomic mass is 9.99. The summed E-state index contributed by atoms with van der Waals surface area (Å²) in [4.78, 5) is 19.8. The molecule has 0 saturated heterocycles. The average molecular weight is 298 g/mol. The van der Waals surface area contributed by atoms with Gasteiger partial charge in [0.05, 0.1) is 6.61 Å². The van der Waals surface area contributed by atoms with Crippen LogP contribution in [0, 0.1) is 0 Å². The van der Waals surface area contributed by atoms with Gasteiger partial charge in [0, 0.05) is 12.1 Å². The van der Waals surface area contributed by atoms with E-state index >= 15 is 0 Å². The molecular weight excluding hydrogens is 278 g/mol. The molecule has 1 aliphatic rings. The minimum absolute atomic E-state index is 0.112. The predicted molar refractivity (Wildman–Crippen MR) is 73.4 cm³/mol. The summed E-state index contributed by atoms with van der Waals surface area (Å²) >= 11 is 0. The second-order valence-corrected chi connectivity index (χ2v) is 5.24. The van der Waals surface area contributed by atoms with Gasteiger partial charge in [-0.25, -0.2) is 23.5 Å². The predicted octanol–water partition coefficient (Wildman–Crippen LogP) is 4.03. The molecule has 1 fully saturated rings. The maximum Gasteiger partial charge on any atom is 0.341 e. The van der Waals surface area contributed by atoms with Gasteiger partial charge in [-0.3, -0.25) is 0 Å². The monoisotopic (exact) mass is 298 g/mol. The van der Waals surface area contributed by atoms with Gasteiger partial charge in [-0.15, -0.1) is 0 Å². The topological polar surface area (TPSA) is 52.1 Å². The number of esters is 1. The van der Waals surface area contributed by atoms with Crippen molar-refractivity contribution in [1.29, 1.82) is 0 Å². The number of hydrogen-bond acceptors (Lipinski definition) is 4. The Morgan fingerprint density at radius 1 is 1.33 bits per heavy atom. The van der Waals surface area contributed by atoms with Crippen molar-refractivity contribution in [2.45, 2.75) is 57.8 Å². The molecule has 1 aromatic heterocycles. The Hall–Kier alpha value is -1.59. The molecule has 1 aromatic rings. The van der Waals surface area contributed by atoms with Gasteiger partial charge in [-0.05, 0) is 19.8 Å². The largest absolute Gasteiger partial charge is 0.462 e. The highest BCUT2D eigenvalue weighted by molar-refractivity contribution is 5.90. The summed E-state index contributed by atoms with van der Waals surface area (Å²) in [5, 5.41) is 0. The number of halogens is 2. The fourth-order valence-corrected chi connectivity index (χ4v) is 2.68. The van der Waals surface area contributed by atoms with Crippen LogP contribution in [0.2, 0.25) is 0 Å². The number of aromatic nitrogens is 2. The molecule has 2 rings (SSSR count). The second-order valence-electron chi connectivity index (χ2n) is 5.24.